The Balaban J connectivity index is 1.20. The minimum Gasteiger partial charge on any atom is -0.496 e. The number of nitrogens with zero attached hydrogens (tertiary/aromatic N) is 3. The van der Waals surface area contributed by atoms with Gasteiger partial charge in [0.25, 0.3) is 0 Å². The molecule has 6 rings (SSSR count). The first kappa shape index (κ1) is 24.4. The maximum Gasteiger partial charge on any atom is 0.411 e. The van der Waals surface area contributed by atoms with Crippen molar-refractivity contribution < 1.29 is 14.3 Å². The molecule has 0 aliphatic carbocycles. The average Bonchev–Trinajstić information content (AvgIpc) is 3.29. The summed E-state index contributed by atoms with van der Waals surface area (Å²) in [4.78, 5) is 14.9. The monoisotopic (exact) mass is 488 g/mol. The van der Waals surface area contributed by atoms with E-state index in [-0.39, 0.29) is 12.1 Å². The first-order chi connectivity index (χ1) is 17.4. The number of hydrogen-bond acceptors (Lipinski definition) is 5. The molecule has 2 aromatic carbocycles. The number of carbonyl (C=O) groups is 1. The van der Waals surface area contributed by atoms with Gasteiger partial charge in [-0.05, 0) is 67.1 Å². The van der Waals surface area contributed by atoms with Crippen molar-refractivity contribution in [2.24, 2.45) is 13.0 Å². The predicted molar refractivity (Wildman–Crippen MR) is 142 cm³/mol. The molecule has 190 valence electrons. The van der Waals surface area contributed by atoms with Gasteiger partial charge in [0.1, 0.15) is 12.4 Å². The molecule has 0 spiro atoms. The van der Waals surface area contributed by atoms with Crippen LogP contribution in [-0.2, 0) is 11.8 Å². The first-order valence-corrected chi connectivity index (χ1v) is 12.9. The van der Waals surface area contributed by atoms with Crippen molar-refractivity contribution in [1.82, 2.24) is 14.7 Å². The Labute approximate surface area is 213 Å². The molecule has 1 unspecified atom stereocenters. The van der Waals surface area contributed by atoms with Crippen LogP contribution in [0.4, 0.5) is 10.5 Å². The number of carbonyl (C=O) groups excluding carboxylic acids is 1. The average molecular weight is 489 g/mol. The number of methoxy groups -OCH3 is 1. The number of ether oxygens (including phenoxy) is 2. The molecular weight excluding hydrogens is 452 g/mol. The molecule has 4 atom stereocenters. The zero-order chi connectivity index (χ0) is 25.2. The molecule has 36 heavy (non-hydrogen) atoms. The Kier molecular flexibility index (Phi) is 7.01. The lowest BCUT2D eigenvalue weighted by molar-refractivity contribution is -0.00222. The number of piperidine rings is 3. The van der Waals surface area contributed by atoms with Crippen LogP contribution in [0, 0.1) is 5.92 Å². The summed E-state index contributed by atoms with van der Waals surface area (Å²) in [5.41, 5.74) is 5.22. The van der Waals surface area contributed by atoms with Crippen LogP contribution in [0.25, 0.3) is 11.3 Å². The highest BCUT2D eigenvalue weighted by Crippen LogP contribution is 2.43. The van der Waals surface area contributed by atoms with Crippen LogP contribution in [0.3, 0.4) is 0 Å². The lowest BCUT2D eigenvalue weighted by Gasteiger charge is -2.49. The predicted octanol–water partition coefficient (Wildman–Crippen LogP) is 5.65. The summed E-state index contributed by atoms with van der Waals surface area (Å²) in [5.74, 6) is 2.27. The second-order valence-electron chi connectivity index (χ2n) is 10.3. The van der Waals surface area contributed by atoms with Crippen molar-refractivity contribution >= 4 is 11.8 Å². The first-order valence-electron chi connectivity index (χ1n) is 12.9. The summed E-state index contributed by atoms with van der Waals surface area (Å²) in [7, 11) is 3.73. The summed E-state index contributed by atoms with van der Waals surface area (Å²) < 4.78 is 13.2. The Morgan fingerprint density at radius 2 is 1.94 bits per heavy atom. The van der Waals surface area contributed by atoms with Gasteiger partial charge >= 0.3 is 6.09 Å². The largest absolute Gasteiger partial charge is 0.496 e. The maximum absolute atomic E-state index is 12.4. The number of hydrogen-bond donors (Lipinski definition) is 1. The Hall–Kier alpha value is -3.32. The van der Waals surface area contributed by atoms with Crippen LogP contribution in [0.15, 0.2) is 54.6 Å². The van der Waals surface area contributed by atoms with E-state index in [9.17, 15) is 4.79 Å². The fourth-order valence-corrected chi connectivity index (χ4v) is 5.74. The molecule has 7 nitrogen and oxygen atoms in total. The summed E-state index contributed by atoms with van der Waals surface area (Å²) in [5, 5.41) is 7.68. The molecule has 0 radical (unpaired) electrons. The molecule has 3 aliphatic heterocycles. The molecule has 4 heterocycles. The number of nitrogens with one attached hydrogen (secondary N) is 1. The third-order valence-electron chi connectivity index (χ3n) is 7.79. The van der Waals surface area contributed by atoms with Crippen LogP contribution in [0.2, 0.25) is 0 Å². The number of aromatic nitrogens is 2. The molecule has 3 saturated heterocycles. The highest BCUT2D eigenvalue weighted by atomic mass is 16.5. The fraction of sp³-hybridized carbons (Fsp3) is 0.448. The zero-order valence-electron chi connectivity index (χ0n) is 21.6. The van der Waals surface area contributed by atoms with Crippen LogP contribution in [0.1, 0.15) is 49.8 Å². The summed E-state index contributed by atoms with van der Waals surface area (Å²) >= 11 is 0. The highest BCUT2D eigenvalue weighted by Gasteiger charge is 2.42. The molecule has 0 saturated carbocycles. The number of amides is 1. The van der Waals surface area contributed by atoms with Gasteiger partial charge in [0.2, 0.25) is 0 Å². The zero-order valence-corrected chi connectivity index (χ0v) is 21.6. The number of para-hydroxylation sites is 1. The Bertz CT molecular complexity index is 1200. The Morgan fingerprint density at radius 1 is 1.17 bits per heavy atom. The number of rotatable bonds is 7. The van der Waals surface area contributed by atoms with Crippen LogP contribution < -0.4 is 10.1 Å². The Morgan fingerprint density at radius 3 is 2.64 bits per heavy atom. The van der Waals surface area contributed by atoms with Gasteiger partial charge in [0, 0.05) is 42.5 Å². The fourth-order valence-electron chi connectivity index (χ4n) is 5.74. The minimum atomic E-state index is -0.389. The van der Waals surface area contributed by atoms with Gasteiger partial charge in [-0.2, -0.15) is 5.10 Å². The smallest absolute Gasteiger partial charge is 0.411 e. The van der Waals surface area contributed by atoms with Gasteiger partial charge < -0.3 is 9.47 Å². The lowest BCUT2D eigenvalue weighted by atomic mass is 9.74. The molecule has 3 aliphatic rings. The molecule has 3 aromatic rings. The number of fused-ring (bicyclic) bond motifs is 3. The molecule has 3 fully saturated rings. The lowest BCUT2D eigenvalue weighted by Crippen LogP contribution is -2.54. The second-order valence-corrected chi connectivity index (χ2v) is 10.3. The van der Waals surface area contributed by atoms with Crippen molar-refractivity contribution in [1.29, 1.82) is 0 Å². The molecular formula is C29H36N4O3. The van der Waals surface area contributed by atoms with Gasteiger partial charge in [-0.3, -0.25) is 14.9 Å². The normalized spacial score (nSPS) is 23.0. The van der Waals surface area contributed by atoms with Crippen molar-refractivity contribution in [2.75, 3.05) is 32.1 Å². The number of aryl methyl sites for hydroxylation is 1. The maximum atomic E-state index is 12.4. The SMILES string of the molecule is COc1ccccc1-c1cc([C@H]2CN3CC[C@H]2C[C@@H]3COC(=O)Nc2ccc(C(C)C)cc2)n(C)n1. The van der Waals surface area contributed by atoms with Gasteiger partial charge in [0.15, 0.2) is 0 Å². The van der Waals surface area contributed by atoms with Crippen LogP contribution >= 0.6 is 0 Å². The summed E-state index contributed by atoms with van der Waals surface area (Å²) in [6, 6.07) is 18.4. The third-order valence-corrected chi connectivity index (χ3v) is 7.79. The van der Waals surface area contributed by atoms with Gasteiger partial charge in [-0.1, -0.05) is 38.1 Å². The highest BCUT2D eigenvalue weighted by molar-refractivity contribution is 5.84. The van der Waals surface area contributed by atoms with E-state index in [1.807, 2.05) is 54.2 Å². The molecule has 1 aromatic heterocycles. The number of benzene rings is 2. The van der Waals surface area contributed by atoms with Crippen molar-refractivity contribution in [3.8, 4) is 17.0 Å². The van der Waals surface area contributed by atoms with E-state index in [2.05, 4.69) is 36.2 Å². The molecule has 7 heteroatoms. The van der Waals surface area contributed by atoms with E-state index in [0.717, 1.165) is 48.6 Å². The second kappa shape index (κ2) is 10.3. The van der Waals surface area contributed by atoms with Gasteiger partial charge in [-0.25, -0.2) is 4.79 Å². The standard InChI is InChI=1S/C29H36N4O3/c1-19(2)20-9-11-22(12-10-20)30-29(34)36-18-23-15-21-13-14-33(23)17-25(21)27-16-26(31-32(27)3)24-7-5-6-8-28(24)35-4/h5-12,16,19,21,23,25H,13-15,17-18H2,1-4H3,(H,30,34)/t21-,23+,25-/m0/s1. The van der Waals surface area contributed by atoms with Crippen LogP contribution in [-0.4, -0.2) is 53.6 Å². The number of anilines is 1. The van der Waals surface area contributed by atoms with Crippen molar-refractivity contribution in [3.63, 3.8) is 0 Å². The topological polar surface area (TPSA) is 68.6 Å². The summed E-state index contributed by atoms with van der Waals surface area (Å²) in [6.45, 7) is 6.73. The third kappa shape index (κ3) is 4.98. The van der Waals surface area contributed by atoms with Gasteiger partial charge in [0.05, 0.1) is 12.8 Å². The molecule has 1 amide bonds. The molecule has 1 N–H and O–H groups in total. The van der Waals surface area contributed by atoms with E-state index in [4.69, 9.17) is 14.6 Å². The summed E-state index contributed by atoms with van der Waals surface area (Å²) in [6.07, 6.45) is 1.79. The van der Waals surface area contributed by atoms with E-state index in [0.29, 0.717) is 24.4 Å². The van der Waals surface area contributed by atoms with Crippen molar-refractivity contribution in [2.45, 2.75) is 44.6 Å². The minimum absolute atomic E-state index is 0.260. The van der Waals surface area contributed by atoms with E-state index < -0.39 is 0 Å². The molecule has 2 bridgehead atoms. The van der Waals surface area contributed by atoms with Gasteiger partial charge in [-0.15, -0.1) is 0 Å². The van der Waals surface area contributed by atoms with Crippen LogP contribution in [0.5, 0.6) is 5.75 Å². The van der Waals surface area contributed by atoms with E-state index >= 15 is 0 Å². The van der Waals surface area contributed by atoms with Crippen molar-refractivity contribution in [3.05, 3.63) is 65.9 Å². The van der Waals surface area contributed by atoms with E-state index in [1.165, 1.54) is 11.3 Å². The van der Waals surface area contributed by atoms with E-state index in [1.54, 1.807) is 7.11 Å². The quantitative estimate of drug-likeness (QED) is 0.466.